The second kappa shape index (κ2) is 5.65. The van der Waals surface area contributed by atoms with Crippen LogP contribution in [0.5, 0.6) is 5.88 Å². The lowest BCUT2D eigenvalue weighted by Gasteiger charge is -2.10. The normalized spacial score (nSPS) is 9.47. The molecule has 0 saturated carbocycles. The van der Waals surface area contributed by atoms with Gasteiger partial charge in [0.25, 0.3) is 0 Å². The fourth-order valence-corrected chi connectivity index (χ4v) is 1.58. The highest BCUT2D eigenvalue weighted by Crippen LogP contribution is 2.16. The van der Waals surface area contributed by atoms with Gasteiger partial charge < -0.3 is 10.1 Å². The Morgan fingerprint density at radius 3 is 2.68 bits per heavy atom. The van der Waals surface area contributed by atoms with Gasteiger partial charge in [0.2, 0.25) is 5.88 Å². The number of benzene rings is 1. The summed E-state index contributed by atoms with van der Waals surface area (Å²) in [6.07, 6.45) is 1.61. The minimum atomic E-state index is 0.189. The van der Waals surface area contributed by atoms with Gasteiger partial charge in [-0.2, -0.15) is 5.26 Å². The lowest BCUT2D eigenvalue weighted by molar-refractivity contribution is 0.397. The van der Waals surface area contributed by atoms with Crippen LogP contribution in [0.1, 0.15) is 11.1 Å². The second-order valence-corrected chi connectivity index (χ2v) is 3.75. The number of ether oxygens (including phenoxy) is 1. The van der Waals surface area contributed by atoms with Crippen molar-refractivity contribution in [3.05, 3.63) is 53.7 Å². The van der Waals surface area contributed by atoms with Crippen LogP contribution in [0, 0.1) is 16.7 Å². The number of pyridine rings is 1. The fraction of sp³-hybridized carbons (Fsp3) is 0.0714. The average molecular weight is 252 g/mol. The van der Waals surface area contributed by atoms with E-state index in [0.717, 1.165) is 5.69 Å². The van der Waals surface area contributed by atoms with Crippen LogP contribution in [0.4, 0.5) is 5.69 Å². The van der Waals surface area contributed by atoms with Crippen LogP contribution in [0.3, 0.4) is 0 Å². The SMILES string of the molecule is COc1ncccc1C(=N)Nc1ccc(C#N)cc1. The van der Waals surface area contributed by atoms with Gasteiger partial charge in [-0.25, -0.2) is 4.98 Å². The Hall–Kier alpha value is -2.87. The summed E-state index contributed by atoms with van der Waals surface area (Å²) in [4.78, 5) is 4.04. The zero-order valence-corrected chi connectivity index (χ0v) is 10.3. The molecule has 0 unspecified atom stereocenters. The molecular formula is C14H12N4O. The van der Waals surface area contributed by atoms with Crippen LogP contribution in [-0.2, 0) is 0 Å². The molecule has 1 aromatic heterocycles. The van der Waals surface area contributed by atoms with E-state index in [9.17, 15) is 0 Å². The van der Waals surface area contributed by atoms with Crippen LogP contribution in [0.25, 0.3) is 0 Å². The molecule has 0 aliphatic heterocycles. The lowest BCUT2D eigenvalue weighted by Crippen LogP contribution is -2.13. The van der Waals surface area contributed by atoms with Crippen molar-refractivity contribution in [1.29, 1.82) is 10.7 Å². The predicted molar refractivity (Wildman–Crippen MR) is 72.4 cm³/mol. The molecule has 2 aromatic rings. The Morgan fingerprint density at radius 1 is 1.32 bits per heavy atom. The number of hydrogen-bond acceptors (Lipinski definition) is 4. The highest BCUT2D eigenvalue weighted by atomic mass is 16.5. The molecule has 0 bridgehead atoms. The van der Waals surface area contributed by atoms with E-state index in [1.807, 2.05) is 6.07 Å². The van der Waals surface area contributed by atoms with E-state index in [-0.39, 0.29) is 5.84 Å². The largest absolute Gasteiger partial charge is 0.480 e. The number of nitriles is 1. The molecule has 0 fully saturated rings. The summed E-state index contributed by atoms with van der Waals surface area (Å²) in [7, 11) is 1.51. The van der Waals surface area contributed by atoms with E-state index in [1.54, 1.807) is 42.6 Å². The van der Waals surface area contributed by atoms with Crippen LogP contribution in [-0.4, -0.2) is 17.9 Å². The van der Waals surface area contributed by atoms with Crippen molar-refractivity contribution in [2.24, 2.45) is 0 Å². The average Bonchev–Trinajstić information content (AvgIpc) is 2.48. The monoisotopic (exact) mass is 252 g/mol. The summed E-state index contributed by atoms with van der Waals surface area (Å²) >= 11 is 0. The Balaban J connectivity index is 2.18. The van der Waals surface area contributed by atoms with E-state index in [0.29, 0.717) is 17.0 Å². The van der Waals surface area contributed by atoms with E-state index < -0.39 is 0 Å². The minimum absolute atomic E-state index is 0.189. The number of hydrogen-bond donors (Lipinski definition) is 2. The molecule has 0 saturated heterocycles. The third-order valence-electron chi connectivity index (χ3n) is 2.52. The first-order chi connectivity index (χ1) is 9.24. The quantitative estimate of drug-likeness (QED) is 0.649. The van der Waals surface area contributed by atoms with Crippen molar-refractivity contribution in [3.63, 3.8) is 0 Å². The zero-order valence-electron chi connectivity index (χ0n) is 10.3. The maximum atomic E-state index is 8.72. The number of nitrogens with one attached hydrogen (secondary N) is 2. The topological polar surface area (TPSA) is 81.8 Å². The van der Waals surface area contributed by atoms with Gasteiger partial charge in [-0.3, -0.25) is 5.41 Å². The molecule has 2 N–H and O–H groups in total. The Morgan fingerprint density at radius 2 is 2.05 bits per heavy atom. The summed E-state index contributed by atoms with van der Waals surface area (Å²) in [6, 6.07) is 12.4. The van der Waals surface area contributed by atoms with Gasteiger partial charge in [0, 0.05) is 11.9 Å². The molecule has 19 heavy (non-hydrogen) atoms. The fourth-order valence-electron chi connectivity index (χ4n) is 1.58. The van der Waals surface area contributed by atoms with E-state index in [1.165, 1.54) is 7.11 Å². The molecule has 0 spiro atoms. The number of anilines is 1. The Kier molecular flexibility index (Phi) is 3.74. The third kappa shape index (κ3) is 2.87. The van der Waals surface area contributed by atoms with Gasteiger partial charge in [-0.1, -0.05) is 0 Å². The zero-order chi connectivity index (χ0) is 13.7. The van der Waals surface area contributed by atoms with Crippen molar-refractivity contribution < 1.29 is 4.74 Å². The highest BCUT2D eigenvalue weighted by Gasteiger charge is 2.09. The predicted octanol–water partition coefficient (Wildman–Crippen LogP) is 2.40. The third-order valence-corrected chi connectivity index (χ3v) is 2.52. The number of nitrogens with zero attached hydrogens (tertiary/aromatic N) is 2. The van der Waals surface area contributed by atoms with Crippen molar-refractivity contribution >= 4 is 11.5 Å². The number of methoxy groups -OCH3 is 1. The molecule has 0 amide bonds. The Labute approximate surface area is 111 Å². The molecule has 94 valence electrons. The second-order valence-electron chi connectivity index (χ2n) is 3.75. The maximum absolute atomic E-state index is 8.72. The molecule has 0 radical (unpaired) electrons. The summed E-state index contributed by atoms with van der Waals surface area (Å²) < 4.78 is 5.11. The van der Waals surface area contributed by atoms with Crippen molar-refractivity contribution in [2.45, 2.75) is 0 Å². The van der Waals surface area contributed by atoms with Crippen LogP contribution in [0.2, 0.25) is 0 Å². The summed E-state index contributed by atoms with van der Waals surface area (Å²) in [5.74, 6) is 0.586. The molecule has 0 atom stereocenters. The molecule has 1 aromatic carbocycles. The van der Waals surface area contributed by atoms with Crippen molar-refractivity contribution in [1.82, 2.24) is 4.98 Å². The number of amidine groups is 1. The first kappa shape index (κ1) is 12.6. The Bertz CT molecular complexity index is 629. The number of rotatable bonds is 3. The van der Waals surface area contributed by atoms with Gasteiger partial charge >= 0.3 is 0 Å². The van der Waals surface area contributed by atoms with Gasteiger partial charge in [0.1, 0.15) is 5.84 Å². The van der Waals surface area contributed by atoms with Gasteiger partial charge in [-0.15, -0.1) is 0 Å². The van der Waals surface area contributed by atoms with Gasteiger partial charge in [-0.05, 0) is 36.4 Å². The molecule has 5 nitrogen and oxygen atoms in total. The van der Waals surface area contributed by atoms with Gasteiger partial charge in [0.15, 0.2) is 0 Å². The summed E-state index contributed by atoms with van der Waals surface area (Å²) in [6.45, 7) is 0. The smallest absolute Gasteiger partial charge is 0.224 e. The molecule has 5 heteroatoms. The van der Waals surface area contributed by atoms with Crippen molar-refractivity contribution in [2.75, 3.05) is 12.4 Å². The summed E-state index contributed by atoms with van der Waals surface area (Å²) in [5, 5.41) is 19.7. The first-order valence-electron chi connectivity index (χ1n) is 5.59. The molecule has 1 heterocycles. The van der Waals surface area contributed by atoms with Gasteiger partial charge in [0.05, 0.1) is 24.3 Å². The maximum Gasteiger partial charge on any atom is 0.224 e. The first-order valence-corrected chi connectivity index (χ1v) is 5.59. The summed E-state index contributed by atoms with van der Waals surface area (Å²) in [5.41, 5.74) is 1.89. The standard InChI is InChI=1S/C14H12N4O/c1-19-14-12(3-2-8-17-14)13(16)18-11-6-4-10(9-15)5-7-11/h2-8H,1H3,(H2,16,18). The highest BCUT2D eigenvalue weighted by molar-refractivity contribution is 6.07. The lowest BCUT2D eigenvalue weighted by atomic mass is 10.2. The van der Waals surface area contributed by atoms with E-state index in [4.69, 9.17) is 15.4 Å². The molecule has 2 rings (SSSR count). The van der Waals surface area contributed by atoms with Crippen LogP contribution >= 0.6 is 0 Å². The van der Waals surface area contributed by atoms with Crippen molar-refractivity contribution in [3.8, 4) is 11.9 Å². The van der Waals surface area contributed by atoms with Crippen LogP contribution in [0.15, 0.2) is 42.6 Å². The van der Waals surface area contributed by atoms with Crippen LogP contribution < -0.4 is 10.1 Å². The van der Waals surface area contributed by atoms with E-state index >= 15 is 0 Å². The minimum Gasteiger partial charge on any atom is -0.480 e. The van der Waals surface area contributed by atoms with E-state index in [2.05, 4.69) is 10.3 Å². The number of aromatic nitrogens is 1. The molecule has 0 aliphatic rings. The molecule has 0 aliphatic carbocycles. The molecular weight excluding hydrogens is 240 g/mol.